The first kappa shape index (κ1) is 19.4. The number of benzene rings is 2. The minimum absolute atomic E-state index is 0.0890. The van der Waals surface area contributed by atoms with Crippen molar-refractivity contribution in [2.24, 2.45) is 5.92 Å². The Balaban J connectivity index is 1.19. The van der Waals surface area contributed by atoms with Crippen molar-refractivity contribution >= 4 is 28.9 Å². The van der Waals surface area contributed by atoms with Gasteiger partial charge >= 0.3 is 0 Å². The summed E-state index contributed by atoms with van der Waals surface area (Å²) in [5.74, 6) is 1.58. The number of para-hydroxylation sites is 2. The van der Waals surface area contributed by atoms with E-state index in [0.717, 1.165) is 5.52 Å². The van der Waals surface area contributed by atoms with Crippen molar-refractivity contribution in [3.8, 4) is 11.5 Å². The molecule has 7 heteroatoms. The summed E-state index contributed by atoms with van der Waals surface area (Å²) in [7, 11) is 0. The topological polar surface area (TPSA) is 81.9 Å². The van der Waals surface area contributed by atoms with Gasteiger partial charge in [0, 0.05) is 36.7 Å². The van der Waals surface area contributed by atoms with Gasteiger partial charge in [0.1, 0.15) is 18.7 Å². The van der Waals surface area contributed by atoms with Crippen molar-refractivity contribution in [3.05, 3.63) is 60.0 Å². The van der Waals surface area contributed by atoms with Gasteiger partial charge in [0.15, 0.2) is 22.9 Å². The highest BCUT2D eigenvalue weighted by Gasteiger charge is 2.28. The van der Waals surface area contributed by atoms with Crippen molar-refractivity contribution in [3.63, 3.8) is 0 Å². The van der Waals surface area contributed by atoms with Gasteiger partial charge < -0.3 is 18.8 Å². The van der Waals surface area contributed by atoms with Gasteiger partial charge in [-0.15, -0.1) is 0 Å². The van der Waals surface area contributed by atoms with E-state index in [-0.39, 0.29) is 17.6 Å². The number of hydrogen-bond acceptors (Lipinski definition) is 6. The fourth-order valence-electron chi connectivity index (χ4n) is 4.00. The Labute approximate surface area is 179 Å². The molecule has 2 aromatic carbocycles. The highest BCUT2D eigenvalue weighted by Crippen LogP contribution is 2.32. The van der Waals surface area contributed by atoms with Crippen LogP contribution in [0.15, 0.2) is 53.0 Å². The number of aromatic nitrogens is 1. The number of oxazole rings is 1. The second-order valence-electron chi connectivity index (χ2n) is 7.68. The van der Waals surface area contributed by atoms with Crippen LogP contribution in [0.1, 0.15) is 29.1 Å². The molecule has 1 aromatic heterocycles. The average Bonchev–Trinajstić information content (AvgIpc) is 3.25. The van der Waals surface area contributed by atoms with Crippen LogP contribution in [-0.4, -0.2) is 47.9 Å². The van der Waals surface area contributed by atoms with Crippen molar-refractivity contribution in [2.45, 2.75) is 12.8 Å². The molecule has 0 aliphatic carbocycles. The number of rotatable bonds is 4. The van der Waals surface area contributed by atoms with E-state index in [1.807, 2.05) is 24.3 Å². The average molecular weight is 418 g/mol. The number of piperidine rings is 1. The molecule has 31 heavy (non-hydrogen) atoms. The van der Waals surface area contributed by atoms with Crippen molar-refractivity contribution in [1.29, 1.82) is 0 Å². The second kappa shape index (κ2) is 8.26. The third-order valence-corrected chi connectivity index (χ3v) is 5.68. The lowest BCUT2D eigenvalue weighted by molar-refractivity contribution is -0.127. The number of amides is 1. The fourth-order valence-corrected chi connectivity index (χ4v) is 4.00. The molecule has 1 saturated heterocycles. The molecule has 3 heterocycles. The minimum atomic E-state index is -0.104. The Morgan fingerprint density at radius 1 is 1.00 bits per heavy atom. The number of carbonyl (C=O) groups is 2. The highest BCUT2D eigenvalue weighted by molar-refractivity contribution is 5.99. The van der Waals surface area contributed by atoms with Crippen LogP contribution in [0, 0.1) is 5.92 Å². The monoisotopic (exact) mass is 418 g/mol. The third kappa shape index (κ3) is 4.03. The van der Waals surface area contributed by atoms with Crippen LogP contribution >= 0.6 is 0 Å². The van der Waals surface area contributed by atoms with Gasteiger partial charge in [0.25, 0.3) is 0 Å². The summed E-state index contributed by atoms with van der Waals surface area (Å²) in [6.45, 7) is 2.09. The Bertz CT molecular complexity index is 1120. The molecule has 0 unspecified atom stereocenters. The number of carbonyl (C=O) groups excluding carboxylic acids is 2. The van der Waals surface area contributed by atoms with Gasteiger partial charge in [-0.3, -0.25) is 9.59 Å². The maximum Gasteiger partial charge on any atom is 0.246 e. The summed E-state index contributed by atoms with van der Waals surface area (Å²) >= 11 is 0. The van der Waals surface area contributed by atoms with E-state index in [9.17, 15) is 9.59 Å². The zero-order valence-corrected chi connectivity index (χ0v) is 17.0. The fraction of sp³-hybridized carbons (Fsp3) is 0.292. The summed E-state index contributed by atoms with van der Waals surface area (Å²) in [4.78, 5) is 31.6. The summed E-state index contributed by atoms with van der Waals surface area (Å²) in [5, 5.41) is 0. The van der Waals surface area contributed by atoms with Gasteiger partial charge in [-0.1, -0.05) is 12.1 Å². The molecule has 2 aliphatic rings. The standard InChI is InChI=1S/C24H22N2O5/c27-23(8-7-22-25-18-3-1-2-4-19(18)31-22)26-11-9-16(10-12-26)24(28)17-5-6-20-21(15-17)30-14-13-29-20/h1-8,15-16H,9-14H2. The molecule has 1 fully saturated rings. The lowest BCUT2D eigenvalue weighted by atomic mass is 9.88. The summed E-state index contributed by atoms with van der Waals surface area (Å²) in [6.07, 6.45) is 4.34. The van der Waals surface area contributed by atoms with Crippen LogP contribution in [0.25, 0.3) is 17.2 Å². The summed E-state index contributed by atoms with van der Waals surface area (Å²) in [6, 6.07) is 12.8. The molecular formula is C24H22N2O5. The van der Waals surface area contributed by atoms with Gasteiger partial charge in [0.2, 0.25) is 11.8 Å². The van der Waals surface area contributed by atoms with Crippen LogP contribution < -0.4 is 9.47 Å². The molecule has 7 nitrogen and oxygen atoms in total. The number of Topliss-reactive ketones (excluding diaryl/α,β-unsaturated/α-hetero) is 1. The molecule has 3 aromatic rings. The molecule has 1 amide bonds. The number of ether oxygens (including phenoxy) is 2. The Hall–Kier alpha value is -3.61. The van der Waals surface area contributed by atoms with Crippen LogP contribution in [0.3, 0.4) is 0 Å². The predicted octanol–water partition coefficient (Wildman–Crippen LogP) is 3.73. The molecule has 0 N–H and O–H groups in total. The first-order valence-corrected chi connectivity index (χ1v) is 10.4. The highest BCUT2D eigenvalue weighted by atomic mass is 16.6. The molecule has 2 aliphatic heterocycles. The summed E-state index contributed by atoms with van der Waals surface area (Å²) < 4.78 is 16.7. The molecule has 158 valence electrons. The third-order valence-electron chi connectivity index (χ3n) is 5.68. The van der Waals surface area contributed by atoms with Crippen LogP contribution in [0.5, 0.6) is 11.5 Å². The zero-order valence-electron chi connectivity index (χ0n) is 17.0. The van der Waals surface area contributed by atoms with E-state index in [2.05, 4.69) is 4.98 Å². The Morgan fingerprint density at radius 3 is 2.58 bits per heavy atom. The van der Waals surface area contributed by atoms with Gasteiger partial charge in [-0.2, -0.15) is 0 Å². The molecule has 5 rings (SSSR count). The first-order chi connectivity index (χ1) is 15.2. The van der Waals surface area contributed by atoms with E-state index in [4.69, 9.17) is 13.9 Å². The number of nitrogens with zero attached hydrogens (tertiary/aromatic N) is 2. The normalized spacial score (nSPS) is 16.7. The summed E-state index contributed by atoms with van der Waals surface area (Å²) in [5.41, 5.74) is 2.08. The van der Waals surface area contributed by atoms with E-state index in [1.54, 1.807) is 29.2 Å². The van der Waals surface area contributed by atoms with Crippen LogP contribution in [-0.2, 0) is 4.79 Å². The lowest BCUT2D eigenvalue weighted by Gasteiger charge is -2.30. The molecule has 0 atom stereocenters. The van der Waals surface area contributed by atoms with Gasteiger partial charge in [-0.05, 0) is 43.2 Å². The smallest absolute Gasteiger partial charge is 0.246 e. The molecule has 0 bridgehead atoms. The van der Waals surface area contributed by atoms with Crippen molar-refractivity contribution < 1.29 is 23.5 Å². The maximum absolute atomic E-state index is 12.9. The molecule has 0 radical (unpaired) electrons. The quantitative estimate of drug-likeness (QED) is 0.474. The van der Waals surface area contributed by atoms with Crippen LogP contribution in [0.2, 0.25) is 0 Å². The second-order valence-corrected chi connectivity index (χ2v) is 7.68. The molecule has 0 saturated carbocycles. The zero-order chi connectivity index (χ0) is 21.2. The van der Waals surface area contributed by atoms with Gasteiger partial charge in [-0.25, -0.2) is 4.98 Å². The minimum Gasteiger partial charge on any atom is -0.486 e. The van der Waals surface area contributed by atoms with E-state index in [0.29, 0.717) is 67.7 Å². The number of fused-ring (bicyclic) bond motifs is 2. The number of likely N-dealkylation sites (tertiary alicyclic amines) is 1. The van der Waals surface area contributed by atoms with Crippen LogP contribution in [0.4, 0.5) is 0 Å². The van der Waals surface area contributed by atoms with Crippen molar-refractivity contribution in [1.82, 2.24) is 9.88 Å². The molecular weight excluding hydrogens is 396 g/mol. The van der Waals surface area contributed by atoms with Gasteiger partial charge in [0.05, 0.1) is 0 Å². The molecule has 0 spiro atoms. The first-order valence-electron chi connectivity index (χ1n) is 10.4. The number of hydrogen-bond donors (Lipinski definition) is 0. The van der Waals surface area contributed by atoms with E-state index < -0.39 is 0 Å². The largest absolute Gasteiger partial charge is 0.486 e. The SMILES string of the molecule is O=C(c1ccc2c(c1)OCCO2)C1CCN(C(=O)C=Cc2nc3ccccc3o2)CC1. The number of ketones is 1. The lowest BCUT2D eigenvalue weighted by Crippen LogP contribution is -2.39. The Morgan fingerprint density at radius 2 is 1.77 bits per heavy atom. The van der Waals surface area contributed by atoms with E-state index in [1.165, 1.54) is 6.08 Å². The maximum atomic E-state index is 12.9. The van der Waals surface area contributed by atoms with E-state index >= 15 is 0 Å². The predicted molar refractivity (Wildman–Crippen MR) is 114 cm³/mol. The van der Waals surface area contributed by atoms with Crippen molar-refractivity contribution in [2.75, 3.05) is 26.3 Å². The Kier molecular flexibility index (Phi) is 5.16.